The molecule has 0 saturated carbocycles. The standard InChI is InChI=1S/C9H12BrClN2/c1-3-8(11)6(2)9-12-4-7(10)5-13-9/h4-6,8H,3H2,1-2H3. The Balaban J connectivity index is 2.77. The van der Waals surface area contributed by atoms with Gasteiger partial charge in [-0.2, -0.15) is 0 Å². The molecule has 1 heterocycles. The molecule has 0 N–H and O–H groups in total. The van der Waals surface area contributed by atoms with Gasteiger partial charge in [-0.05, 0) is 22.4 Å². The maximum atomic E-state index is 6.10. The van der Waals surface area contributed by atoms with Gasteiger partial charge < -0.3 is 0 Å². The van der Waals surface area contributed by atoms with E-state index in [1.54, 1.807) is 12.4 Å². The summed E-state index contributed by atoms with van der Waals surface area (Å²) < 4.78 is 0.895. The summed E-state index contributed by atoms with van der Waals surface area (Å²) in [5, 5.41) is 0.112. The zero-order chi connectivity index (χ0) is 9.84. The van der Waals surface area contributed by atoms with Crippen LogP contribution in [-0.2, 0) is 0 Å². The number of hydrogen-bond acceptors (Lipinski definition) is 2. The van der Waals surface area contributed by atoms with E-state index in [9.17, 15) is 0 Å². The zero-order valence-electron chi connectivity index (χ0n) is 7.67. The van der Waals surface area contributed by atoms with Crippen molar-refractivity contribution in [1.82, 2.24) is 9.97 Å². The van der Waals surface area contributed by atoms with Gasteiger partial charge in [-0.1, -0.05) is 13.8 Å². The van der Waals surface area contributed by atoms with E-state index in [0.717, 1.165) is 16.7 Å². The van der Waals surface area contributed by atoms with Crippen LogP contribution in [0.4, 0.5) is 0 Å². The van der Waals surface area contributed by atoms with Crippen LogP contribution in [0.5, 0.6) is 0 Å². The molecular formula is C9H12BrClN2. The van der Waals surface area contributed by atoms with Crippen molar-refractivity contribution in [2.75, 3.05) is 0 Å². The summed E-state index contributed by atoms with van der Waals surface area (Å²) in [4.78, 5) is 8.41. The predicted molar refractivity (Wildman–Crippen MR) is 58.1 cm³/mol. The van der Waals surface area contributed by atoms with Crippen LogP contribution in [0.1, 0.15) is 32.0 Å². The molecule has 4 heteroatoms. The fraction of sp³-hybridized carbons (Fsp3) is 0.556. The first-order valence-corrected chi connectivity index (χ1v) is 5.49. The van der Waals surface area contributed by atoms with Crippen molar-refractivity contribution in [2.24, 2.45) is 0 Å². The quantitative estimate of drug-likeness (QED) is 0.782. The lowest BCUT2D eigenvalue weighted by atomic mass is 10.1. The predicted octanol–water partition coefficient (Wildman–Crippen LogP) is 3.36. The fourth-order valence-electron chi connectivity index (χ4n) is 1.07. The van der Waals surface area contributed by atoms with Crippen molar-refractivity contribution in [1.29, 1.82) is 0 Å². The van der Waals surface area contributed by atoms with Crippen molar-refractivity contribution in [3.05, 3.63) is 22.7 Å². The highest BCUT2D eigenvalue weighted by molar-refractivity contribution is 9.10. The smallest absolute Gasteiger partial charge is 0.132 e. The fourth-order valence-corrected chi connectivity index (χ4v) is 1.39. The lowest BCUT2D eigenvalue weighted by Gasteiger charge is -2.14. The molecule has 0 spiro atoms. The maximum Gasteiger partial charge on any atom is 0.132 e. The number of aromatic nitrogens is 2. The molecule has 0 fully saturated rings. The summed E-state index contributed by atoms with van der Waals surface area (Å²) >= 11 is 9.39. The largest absolute Gasteiger partial charge is 0.240 e. The van der Waals surface area contributed by atoms with Gasteiger partial charge in [0.1, 0.15) is 5.82 Å². The normalized spacial score (nSPS) is 15.4. The van der Waals surface area contributed by atoms with Gasteiger partial charge in [0.2, 0.25) is 0 Å². The third kappa shape index (κ3) is 2.92. The minimum Gasteiger partial charge on any atom is -0.240 e. The van der Waals surface area contributed by atoms with E-state index in [1.807, 2.05) is 6.92 Å². The first-order valence-electron chi connectivity index (χ1n) is 4.26. The van der Waals surface area contributed by atoms with Crippen molar-refractivity contribution in [3.63, 3.8) is 0 Å². The van der Waals surface area contributed by atoms with Gasteiger partial charge in [0.05, 0.1) is 4.47 Å². The Bertz CT molecular complexity index is 263. The molecule has 0 aliphatic heterocycles. The Hall–Kier alpha value is -0.150. The van der Waals surface area contributed by atoms with Crippen molar-refractivity contribution >= 4 is 27.5 Å². The molecule has 72 valence electrons. The van der Waals surface area contributed by atoms with E-state index in [4.69, 9.17) is 11.6 Å². The first kappa shape index (κ1) is 10.9. The third-order valence-electron chi connectivity index (χ3n) is 1.98. The number of halogens is 2. The highest BCUT2D eigenvalue weighted by atomic mass is 79.9. The zero-order valence-corrected chi connectivity index (χ0v) is 10.0. The van der Waals surface area contributed by atoms with Crippen LogP contribution in [0.2, 0.25) is 0 Å². The molecule has 2 unspecified atom stereocenters. The summed E-state index contributed by atoms with van der Waals surface area (Å²) in [6, 6.07) is 0. The van der Waals surface area contributed by atoms with Crippen LogP contribution in [0.15, 0.2) is 16.9 Å². The average Bonchev–Trinajstić information content (AvgIpc) is 2.17. The molecular weight excluding hydrogens is 251 g/mol. The summed E-state index contributed by atoms with van der Waals surface area (Å²) in [5.41, 5.74) is 0. The molecule has 0 aromatic carbocycles. The van der Waals surface area contributed by atoms with E-state index in [1.165, 1.54) is 0 Å². The number of hydrogen-bond donors (Lipinski definition) is 0. The molecule has 2 nitrogen and oxygen atoms in total. The highest BCUT2D eigenvalue weighted by Gasteiger charge is 2.16. The topological polar surface area (TPSA) is 25.8 Å². The lowest BCUT2D eigenvalue weighted by molar-refractivity contribution is 0.634. The second-order valence-corrected chi connectivity index (χ2v) is 4.45. The molecule has 0 radical (unpaired) electrons. The van der Waals surface area contributed by atoms with Gasteiger partial charge in [-0.3, -0.25) is 0 Å². The summed E-state index contributed by atoms with van der Waals surface area (Å²) in [5.74, 6) is 1.02. The minimum atomic E-state index is 0.112. The Kier molecular flexibility index (Phi) is 4.13. The van der Waals surface area contributed by atoms with Crippen LogP contribution >= 0.6 is 27.5 Å². The molecule has 1 aromatic heterocycles. The second-order valence-electron chi connectivity index (χ2n) is 2.97. The molecule has 13 heavy (non-hydrogen) atoms. The highest BCUT2D eigenvalue weighted by Crippen LogP contribution is 2.22. The monoisotopic (exact) mass is 262 g/mol. The molecule has 0 aliphatic rings. The average molecular weight is 264 g/mol. The van der Waals surface area contributed by atoms with Crippen LogP contribution in [-0.4, -0.2) is 15.3 Å². The van der Waals surface area contributed by atoms with Crippen molar-refractivity contribution < 1.29 is 0 Å². The van der Waals surface area contributed by atoms with E-state index in [0.29, 0.717) is 0 Å². The Morgan fingerprint density at radius 1 is 1.46 bits per heavy atom. The molecule has 0 amide bonds. The molecule has 0 aliphatic carbocycles. The third-order valence-corrected chi connectivity index (χ3v) is 3.08. The molecule has 1 aromatic rings. The van der Waals surface area contributed by atoms with Gasteiger partial charge in [0.25, 0.3) is 0 Å². The van der Waals surface area contributed by atoms with E-state index >= 15 is 0 Å². The number of nitrogens with zero attached hydrogens (tertiary/aromatic N) is 2. The summed E-state index contributed by atoms with van der Waals surface area (Å²) in [6.07, 6.45) is 4.43. The van der Waals surface area contributed by atoms with E-state index < -0.39 is 0 Å². The Morgan fingerprint density at radius 3 is 2.46 bits per heavy atom. The van der Waals surface area contributed by atoms with E-state index in [2.05, 4.69) is 32.8 Å². The Morgan fingerprint density at radius 2 is 2.00 bits per heavy atom. The van der Waals surface area contributed by atoms with Crippen LogP contribution in [0.3, 0.4) is 0 Å². The van der Waals surface area contributed by atoms with Crippen molar-refractivity contribution in [3.8, 4) is 0 Å². The molecule has 2 atom stereocenters. The van der Waals surface area contributed by atoms with Gasteiger partial charge in [0, 0.05) is 23.7 Å². The second kappa shape index (κ2) is 4.91. The van der Waals surface area contributed by atoms with Crippen LogP contribution < -0.4 is 0 Å². The van der Waals surface area contributed by atoms with Crippen molar-refractivity contribution in [2.45, 2.75) is 31.6 Å². The molecule has 1 rings (SSSR count). The van der Waals surface area contributed by atoms with Crippen LogP contribution in [0, 0.1) is 0 Å². The minimum absolute atomic E-state index is 0.112. The van der Waals surface area contributed by atoms with Gasteiger partial charge >= 0.3 is 0 Å². The maximum absolute atomic E-state index is 6.10. The first-order chi connectivity index (χ1) is 6.15. The molecule has 0 saturated heterocycles. The SMILES string of the molecule is CCC(Cl)C(C)c1ncc(Br)cn1. The lowest BCUT2D eigenvalue weighted by Crippen LogP contribution is -2.11. The Labute approximate surface area is 91.9 Å². The summed E-state index contributed by atoms with van der Waals surface area (Å²) in [6.45, 7) is 4.11. The van der Waals surface area contributed by atoms with Gasteiger partial charge in [-0.15, -0.1) is 11.6 Å². The van der Waals surface area contributed by atoms with Gasteiger partial charge in [0.15, 0.2) is 0 Å². The number of rotatable bonds is 3. The van der Waals surface area contributed by atoms with E-state index in [-0.39, 0.29) is 11.3 Å². The van der Waals surface area contributed by atoms with Crippen LogP contribution in [0.25, 0.3) is 0 Å². The summed E-state index contributed by atoms with van der Waals surface area (Å²) in [7, 11) is 0. The number of alkyl halides is 1. The van der Waals surface area contributed by atoms with Gasteiger partial charge in [-0.25, -0.2) is 9.97 Å². The molecule has 0 bridgehead atoms.